The third-order valence-electron chi connectivity index (χ3n) is 4.45. The Morgan fingerprint density at radius 1 is 1.04 bits per heavy atom. The van der Waals surface area contributed by atoms with Crippen LogP contribution in [0.3, 0.4) is 0 Å². The molecule has 5 nitrogen and oxygen atoms in total. The standard InChI is InChI=1S/C20H18N4O/c1-13-8-14(2)21-10-17(13)20(25)24-11-16-9-22-19(23-18(16)12-24)15-6-4-3-5-7-15/h3-10H,11-12H2,1-2H3. The van der Waals surface area contributed by atoms with Gasteiger partial charge in [0.05, 0.1) is 17.8 Å². The number of benzene rings is 1. The van der Waals surface area contributed by atoms with Crippen LogP contribution >= 0.6 is 0 Å². The molecule has 5 heteroatoms. The van der Waals surface area contributed by atoms with Gasteiger partial charge in [0.1, 0.15) is 0 Å². The molecule has 0 aliphatic carbocycles. The van der Waals surface area contributed by atoms with Gasteiger partial charge in [0.2, 0.25) is 0 Å². The van der Waals surface area contributed by atoms with E-state index >= 15 is 0 Å². The van der Waals surface area contributed by atoms with Gasteiger partial charge in [-0.15, -0.1) is 0 Å². The Morgan fingerprint density at radius 2 is 1.84 bits per heavy atom. The second-order valence-electron chi connectivity index (χ2n) is 6.33. The van der Waals surface area contributed by atoms with Crippen molar-refractivity contribution in [3.63, 3.8) is 0 Å². The van der Waals surface area contributed by atoms with Gasteiger partial charge in [-0.3, -0.25) is 9.78 Å². The number of rotatable bonds is 2. The summed E-state index contributed by atoms with van der Waals surface area (Å²) in [5.41, 5.74) is 5.41. The van der Waals surface area contributed by atoms with E-state index in [9.17, 15) is 4.79 Å². The van der Waals surface area contributed by atoms with Crippen molar-refractivity contribution < 1.29 is 4.79 Å². The van der Waals surface area contributed by atoms with Gasteiger partial charge < -0.3 is 4.90 Å². The first-order valence-corrected chi connectivity index (χ1v) is 8.24. The van der Waals surface area contributed by atoms with Crippen molar-refractivity contribution in [1.82, 2.24) is 19.9 Å². The van der Waals surface area contributed by atoms with Crippen LogP contribution in [0.1, 0.15) is 32.9 Å². The van der Waals surface area contributed by atoms with E-state index in [-0.39, 0.29) is 5.91 Å². The molecule has 1 aliphatic heterocycles. The minimum Gasteiger partial charge on any atom is -0.328 e. The molecule has 2 aromatic heterocycles. The molecular weight excluding hydrogens is 312 g/mol. The molecule has 0 unspecified atom stereocenters. The Balaban J connectivity index is 1.60. The first-order valence-electron chi connectivity index (χ1n) is 8.24. The number of fused-ring (bicyclic) bond motifs is 1. The largest absolute Gasteiger partial charge is 0.328 e. The van der Waals surface area contributed by atoms with Gasteiger partial charge in [0.15, 0.2) is 5.82 Å². The quantitative estimate of drug-likeness (QED) is 0.723. The summed E-state index contributed by atoms with van der Waals surface area (Å²) in [5, 5.41) is 0. The number of hydrogen-bond acceptors (Lipinski definition) is 4. The molecule has 0 N–H and O–H groups in total. The van der Waals surface area contributed by atoms with Crippen LogP contribution in [-0.4, -0.2) is 25.8 Å². The zero-order valence-corrected chi connectivity index (χ0v) is 14.2. The Morgan fingerprint density at radius 3 is 2.60 bits per heavy atom. The van der Waals surface area contributed by atoms with Gasteiger partial charge in [0, 0.05) is 35.8 Å². The Labute approximate surface area is 146 Å². The van der Waals surface area contributed by atoms with Crippen LogP contribution < -0.4 is 0 Å². The van der Waals surface area contributed by atoms with Gasteiger partial charge in [-0.1, -0.05) is 30.3 Å². The lowest BCUT2D eigenvalue weighted by molar-refractivity contribution is 0.0749. The molecule has 0 saturated heterocycles. The smallest absolute Gasteiger partial charge is 0.256 e. The van der Waals surface area contributed by atoms with Gasteiger partial charge in [0.25, 0.3) is 5.91 Å². The summed E-state index contributed by atoms with van der Waals surface area (Å²) in [5.74, 6) is 0.686. The van der Waals surface area contributed by atoms with E-state index in [0.717, 1.165) is 28.1 Å². The third kappa shape index (κ3) is 2.89. The van der Waals surface area contributed by atoms with Crippen LogP contribution in [0.5, 0.6) is 0 Å². The number of carbonyl (C=O) groups excluding carboxylic acids is 1. The van der Waals surface area contributed by atoms with Crippen LogP contribution in [0.2, 0.25) is 0 Å². The van der Waals surface area contributed by atoms with E-state index in [4.69, 9.17) is 0 Å². The summed E-state index contributed by atoms with van der Waals surface area (Å²) in [6, 6.07) is 11.8. The average molecular weight is 330 g/mol. The first-order chi connectivity index (χ1) is 12.1. The molecule has 0 fully saturated rings. The minimum absolute atomic E-state index is 0.00994. The predicted octanol–water partition coefficient (Wildman–Crippen LogP) is 3.31. The van der Waals surface area contributed by atoms with Gasteiger partial charge in [-0.05, 0) is 25.5 Å². The molecule has 0 radical (unpaired) electrons. The third-order valence-corrected chi connectivity index (χ3v) is 4.45. The van der Waals surface area contributed by atoms with Crippen molar-refractivity contribution in [3.05, 3.63) is 76.9 Å². The normalized spacial score (nSPS) is 13.0. The molecule has 0 bridgehead atoms. The number of amides is 1. The Bertz CT molecular complexity index is 953. The van der Waals surface area contributed by atoms with Gasteiger partial charge >= 0.3 is 0 Å². The zero-order valence-electron chi connectivity index (χ0n) is 14.2. The summed E-state index contributed by atoms with van der Waals surface area (Å²) in [6.07, 6.45) is 3.50. The molecular formula is C20H18N4O. The van der Waals surface area contributed by atoms with Crippen LogP contribution in [0.25, 0.3) is 11.4 Å². The van der Waals surface area contributed by atoms with Crippen molar-refractivity contribution in [2.45, 2.75) is 26.9 Å². The molecule has 0 saturated carbocycles. The molecule has 3 aromatic rings. The van der Waals surface area contributed by atoms with Crippen molar-refractivity contribution >= 4 is 5.91 Å². The molecule has 1 aliphatic rings. The van der Waals surface area contributed by atoms with E-state index in [1.807, 2.05) is 56.4 Å². The van der Waals surface area contributed by atoms with E-state index in [1.165, 1.54) is 0 Å². The monoisotopic (exact) mass is 330 g/mol. The summed E-state index contributed by atoms with van der Waals surface area (Å²) >= 11 is 0. The maximum absolute atomic E-state index is 12.8. The fourth-order valence-electron chi connectivity index (χ4n) is 3.11. The first kappa shape index (κ1) is 15.4. The van der Waals surface area contributed by atoms with Crippen LogP contribution in [0.15, 0.2) is 48.8 Å². The van der Waals surface area contributed by atoms with E-state index in [1.54, 1.807) is 11.1 Å². The summed E-state index contributed by atoms with van der Waals surface area (Å²) < 4.78 is 0. The Kier molecular flexibility index (Phi) is 3.76. The minimum atomic E-state index is -0.00994. The number of aryl methyl sites for hydroxylation is 2. The topological polar surface area (TPSA) is 59.0 Å². The number of hydrogen-bond donors (Lipinski definition) is 0. The molecule has 0 atom stereocenters. The van der Waals surface area contributed by atoms with Crippen molar-refractivity contribution in [2.75, 3.05) is 0 Å². The highest BCUT2D eigenvalue weighted by Crippen LogP contribution is 2.25. The highest BCUT2D eigenvalue weighted by atomic mass is 16.2. The molecule has 0 spiro atoms. The summed E-state index contributed by atoms with van der Waals surface area (Å²) in [6.45, 7) is 4.91. The lowest BCUT2D eigenvalue weighted by Gasteiger charge is -2.16. The second kappa shape index (κ2) is 6.09. The summed E-state index contributed by atoms with van der Waals surface area (Å²) in [7, 11) is 0. The lowest BCUT2D eigenvalue weighted by Crippen LogP contribution is -2.26. The highest BCUT2D eigenvalue weighted by molar-refractivity contribution is 5.95. The zero-order chi connectivity index (χ0) is 17.4. The van der Waals surface area contributed by atoms with Gasteiger partial charge in [-0.2, -0.15) is 0 Å². The second-order valence-corrected chi connectivity index (χ2v) is 6.33. The Hall–Kier alpha value is -3.08. The van der Waals surface area contributed by atoms with E-state index in [2.05, 4.69) is 15.0 Å². The molecule has 4 rings (SSSR count). The van der Waals surface area contributed by atoms with Crippen molar-refractivity contribution in [2.24, 2.45) is 0 Å². The number of aromatic nitrogens is 3. The lowest BCUT2D eigenvalue weighted by atomic mass is 10.1. The van der Waals surface area contributed by atoms with Crippen LogP contribution in [-0.2, 0) is 13.1 Å². The molecule has 3 heterocycles. The molecule has 1 aromatic carbocycles. The van der Waals surface area contributed by atoms with Gasteiger partial charge in [-0.25, -0.2) is 9.97 Å². The van der Waals surface area contributed by atoms with E-state index < -0.39 is 0 Å². The number of nitrogens with zero attached hydrogens (tertiary/aromatic N) is 4. The maximum atomic E-state index is 12.8. The van der Waals surface area contributed by atoms with E-state index in [0.29, 0.717) is 24.5 Å². The summed E-state index contributed by atoms with van der Waals surface area (Å²) in [4.78, 5) is 28.0. The molecule has 1 amide bonds. The highest BCUT2D eigenvalue weighted by Gasteiger charge is 2.27. The fraction of sp³-hybridized carbons (Fsp3) is 0.200. The maximum Gasteiger partial charge on any atom is 0.256 e. The SMILES string of the molecule is Cc1cc(C)c(C(=O)N2Cc3cnc(-c4ccccc4)nc3C2)cn1. The van der Waals surface area contributed by atoms with Crippen molar-refractivity contribution in [3.8, 4) is 11.4 Å². The number of pyridine rings is 1. The van der Waals surface area contributed by atoms with Crippen LogP contribution in [0.4, 0.5) is 0 Å². The predicted molar refractivity (Wildman–Crippen MR) is 94.8 cm³/mol. The van der Waals surface area contributed by atoms with Crippen LogP contribution in [0, 0.1) is 13.8 Å². The average Bonchev–Trinajstić information content (AvgIpc) is 3.05. The number of carbonyl (C=O) groups is 1. The molecule has 124 valence electrons. The molecule has 25 heavy (non-hydrogen) atoms. The van der Waals surface area contributed by atoms with Crippen molar-refractivity contribution in [1.29, 1.82) is 0 Å². The fourth-order valence-corrected chi connectivity index (χ4v) is 3.11.